The standard InChI is InChI=1S/C16H25NO/c1-12-5-6-15(9-13(12)2)17-8-7-16(3,4)14(10-17)11-18/h5-6,9,14,18H,7-8,10-11H2,1-4H3. The Morgan fingerprint density at radius 3 is 2.61 bits per heavy atom. The third-order valence-electron chi connectivity index (χ3n) is 4.65. The van der Waals surface area contributed by atoms with E-state index in [-0.39, 0.29) is 12.0 Å². The Bertz CT molecular complexity index is 425. The molecule has 1 aliphatic rings. The second-order valence-electron chi connectivity index (χ2n) is 6.33. The summed E-state index contributed by atoms with van der Waals surface area (Å²) in [6, 6.07) is 6.66. The highest BCUT2D eigenvalue weighted by Crippen LogP contribution is 2.37. The Labute approximate surface area is 111 Å². The van der Waals surface area contributed by atoms with Gasteiger partial charge in [0.1, 0.15) is 0 Å². The van der Waals surface area contributed by atoms with Crippen molar-refractivity contribution in [1.29, 1.82) is 0 Å². The average molecular weight is 247 g/mol. The molecule has 0 bridgehead atoms. The molecule has 2 heteroatoms. The van der Waals surface area contributed by atoms with E-state index in [1.54, 1.807) is 0 Å². The van der Waals surface area contributed by atoms with Crippen molar-refractivity contribution < 1.29 is 5.11 Å². The maximum atomic E-state index is 9.56. The van der Waals surface area contributed by atoms with Crippen molar-refractivity contribution in [2.75, 3.05) is 24.6 Å². The van der Waals surface area contributed by atoms with Crippen LogP contribution in [0, 0.1) is 25.2 Å². The summed E-state index contributed by atoms with van der Waals surface area (Å²) in [6.07, 6.45) is 1.14. The summed E-state index contributed by atoms with van der Waals surface area (Å²) in [6.45, 7) is 11.2. The highest BCUT2D eigenvalue weighted by molar-refractivity contribution is 5.51. The average Bonchev–Trinajstić information content (AvgIpc) is 2.32. The number of aliphatic hydroxyl groups is 1. The minimum absolute atomic E-state index is 0.255. The fourth-order valence-corrected chi connectivity index (χ4v) is 2.69. The molecule has 0 radical (unpaired) electrons. The molecule has 0 aliphatic carbocycles. The minimum atomic E-state index is 0.255. The fourth-order valence-electron chi connectivity index (χ4n) is 2.69. The molecule has 0 amide bonds. The molecule has 2 rings (SSSR count). The van der Waals surface area contributed by atoms with Gasteiger partial charge in [0, 0.05) is 31.3 Å². The lowest BCUT2D eigenvalue weighted by Gasteiger charge is -2.44. The number of benzene rings is 1. The largest absolute Gasteiger partial charge is 0.396 e. The first-order valence-corrected chi connectivity index (χ1v) is 6.87. The van der Waals surface area contributed by atoms with Crippen molar-refractivity contribution >= 4 is 5.69 Å². The predicted octanol–water partition coefficient (Wildman–Crippen LogP) is 3.15. The summed E-state index contributed by atoms with van der Waals surface area (Å²) in [5.41, 5.74) is 4.24. The molecule has 2 nitrogen and oxygen atoms in total. The third kappa shape index (κ3) is 2.54. The topological polar surface area (TPSA) is 23.5 Å². The quantitative estimate of drug-likeness (QED) is 0.868. The number of rotatable bonds is 2. The van der Waals surface area contributed by atoms with Gasteiger partial charge in [-0.05, 0) is 48.9 Å². The van der Waals surface area contributed by atoms with Gasteiger partial charge in [-0.2, -0.15) is 0 Å². The first-order chi connectivity index (χ1) is 8.44. The molecule has 1 saturated heterocycles. The van der Waals surface area contributed by atoms with Crippen LogP contribution in [0.25, 0.3) is 0 Å². The van der Waals surface area contributed by atoms with Crippen molar-refractivity contribution in [2.24, 2.45) is 11.3 Å². The molecule has 0 spiro atoms. The summed E-state index contributed by atoms with van der Waals surface area (Å²) in [7, 11) is 0. The van der Waals surface area contributed by atoms with Gasteiger partial charge in [0.2, 0.25) is 0 Å². The zero-order valence-electron chi connectivity index (χ0n) is 12.0. The summed E-state index contributed by atoms with van der Waals surface area (Å²) < 4.78 is 0. The van der Waals surface area contributed by atoms with Gasteiger partial charge in [0.25, 0.3) is 0 Å². The van der Waals surface area contributed by atoms with Crippen LogP contribution in [0.3, 0.4) is 0 Å². The Morgan fingerprint density at radius 2 is 2.00 bits per heavy atom. The summed E-state index contributed by atoms with van der Waals surface area (Å²) in [5, 5.41) is 9.56. The van der Waals surface area contributed by atoms with Crippen LogP contribution < -0.4 is 4.90 Å². The van der Waals surface area contributed by atoms with Crippen molar-refractivity contribution in [3.05, 3.63) is 29.3 Å². The predicted molar refractivity (Wildman–Crippen MR) is 77.1 cm³/mol. The lowest BCUT2D eigenvalue weighted by atomic mass is 9.73. The number of aryl methyl sites for hydroxylation is 2. The molecule has 0 aromatic heterocycles. The van der Waals surface area contributed by atoms with E-state index < -0.39 is 0 Å². The fraction of sp³-hybridized carbons (Fsp3) is 0.625. The van der Waals surface area contributed by atoms with Crippen LogP contribution in [0.15, 0.2) is 18.2 Å². The van der Waals surface area contributed by atoms with E-state index in [1.165, 1.54) is 16.8 Å². The van der Waals surface area contributed by atoms with E-state index in [0.717, 1.165) is 19.5 Å². The Morgan fingerprint density at radius 1 is 1.28 bits per heavy atom. The van der Waals surface area contributed by atoms with Crippen LogP contribution >= 0.6 is 0 Å². The zero-order chi connectivity index (χ0) is 13.3. The monoisotopic (exact) mass is 247 g/mol. The van der Waals surface area contributed by atoms with Gasteiger partial charge in [0.05, 0.1) is 0 Å². The number of hydrogen-bond acceptors (Lipinski definition) is 2. The van der Waals surface area contributed by atoms with Crippen LogP contribution in [0.5, 0.6) is 0 Å². The van der Waals surface area contributed by atoms with E-state index in [1.807, 2.05) is 0 Å². The molecule has 1 aliphatic heterocycles. The Hall–Kier alpha value is -1.02. The second kappa shape index (κ2) is 4.93. The maximum Gasteiger partial charge on any atom is 0.0481 e. The van der Waals surface area contributed by atoms with E-state index in [4.69, 9.17) is 0 Å². The molecule has 100 valence electrons. The zero-order valence-corrected chi connectivity index (χ0v) is 12.0. The van der Waals surface area contributed by atoms with Gasteiger partial charge in [-0.25, -0.2) is 0 Å². The summed E-state index contributed by atoms with van der Waals surface area (Å²) in [5.74, 6) is 0.368. The van der Waals surface area contributed by atoms with E-state index in [0.29, 0.717) is 5.92 Å². The lowest BCUT2D eigenvalue weighted by molar-refractivity contribution is 0.0967. The highest BCUT2D eigenvalue weighted by atomic mass is 16.3. The Balaban J connectivity index is 2.18. The first kappa shape index (κ1) is 13.4. The molecule has 1 fully saturated rings. The molecule has 18 heavy (non-hydrogen) atoms. The van der Waals surface area contributed by atoms with Crippen LogP contribution in [0.1, 0.15) is 31.4 Å². The molecule has 1 atom stereocenters. The Kier molecular flexibility index (Phi) is 3.67. The van der Waals surface area contributed by atoms with Crippen molar-refractivity contribution in [1.82, 2.24) is 0 Å². The van der Waals surface area contributed by atoms with Crippen LogP contribution in [-0.4, -0.2) is 24.8 Å². The molecule has 1 aromatic carbocycles. The molecular weight excluding hydrogens is 222 g/mol. The number of hydrogen-bond donors (Lipinski definition) is 1. The van der Waals surface area contributed by atoms with Crippen molar-refractivity contribution in [3.63, 3.8) is 0 Å². The molecule has 1 aromatic rings. The maximum absolute atomic E-state index is 9.56. The normalized spacial score (nSPS) is 23.2. The molecule has 1 N–H and O–H groups in total. The number of anilines is 1. The van der Waals surface area contributed by atoms with E-state index in [2.05, 4.69) is 50.8 Å². The molecule has 1 unspecified atom stereocenters. The summed E-state index contributed by atoms with van der Waals surface area (Å²) >= 11 is 0. The minimum Gasteiger partial charge on any atom is -0.396 e. The van der Waals surface area contributed by atoms with Gasteiger partial charge < -0.3 is 10.0 Å². The van der Waals surface area contributed by atoms with Gasteiger partial charge in [-0.3, -0.25) is 0 Å². The van der Waals surface area contributed by atoms with Crippen LogP contribution in [0.2, 0.25) is 0 Å². The molecular formula is C16H25NO. The highest BCUT2D eigenvalue weighted by Gasteiger charge is 2.35. The number of nitrogens with zero attached hydrogens (tertiary/aromatic N) is 1. The number of piperidine rings is 1. The second-order valence-corrected chi connectivity index (χ2v) is 6.33. The van der Waals surface area contributed by atoms with Crippen molar-refractivity contribution in [2.45, 2.75) is 34.1 Å². The van der Waals surface area contributed by atoms with E-state index in [9.17, 15) is 5.11 Å². The van der Waals surface area contributed by atoms with Crippen LogP contribution in [-0.2, 0) is 0 Å². The van der Waals surface area contributed by atoms with Crippen molar-refractivity contribution in [3.8, 4) is 0 Å². The SMILES string of the molecule is Cc1ccc(N2CCC(C)(C)C(CO)C2)cc1C. The van der Waals surface area contributed by atoms with E-state index >= 15 is 0 Å². The number of aliphatic hydroxyl groups excluding tert-OH is 1. The summed E-state index contributed by atoms with van der Waals surface area (Å²) in [4.78, 5) is 2.42. The molecule has 1 heterocycles. The van der Waals surface area contributed by atoms with Gasteiger partial charge >= 0.3 is 0 Å². The van der Waals surface area contributed by atoms with Crippen LogP contribution in [0.4, 0.5) is 5.69 Å². The molecule has 0 saturated carbocycles. The van der Waals surface area contributed by atoms with Gasteiger partial charge in [-0.15, -0.1) is 0 Å². The first-order valence-electron chi connectivity index (χ1n) is 6.87. The van der Waals surface area contributed by atoms with Gasteiger partial charge in [0.15, 0.2) is 0 Å². The lowest BCUT2D eigenvalue weighted by Crippen LogP contribution is -2.46. The third-order valence-corrected chi connectivity index (χ3v) is 4.65. The van der Waals surface area contributed by atoms with Gasteiger partial charge in [-0.1, -0.05) is 19.9 Å². The smallest absolute Gasteiger partial charge is 0.0481 e.